The Morgan fingerprint density at radius 2 is 1.72 bits per heavy atom. The van der Waals surface area contributed by atoms with E-state index in [2.05, 4.69) is 6.92 Å². The molecule has 0 N–H and O–H groups in total. The summed E-state index contributed by atoms with van der Waals surface area (Å²) in [4.78, 5) is 12.6. The van der Waals surface area contributed by atoms with Crippen LogP contribution >= 0.6 is 0 Å². The van der Waals surface area contributed by atoms with Gasteiger partial charge in [-0.15, -0.1) is 0 Å². The number of hydrogen-bond acceptors (Lipinski definition) is 3. The van der Waals surface area contributed by atoms with Crippen LogP contribution in [0.3, 0.4) is 0 Å². The van der Waals surface area contributed by atoms with Crippen LogP contribution in [-0.4, -0.2) is 30.4 Å². The predicted octanol–water partition coefficient (Wildman–Crippen LogP) is 2.63. The number of nitrogens with zero attached hydrogens (tertiary/aromatic N) is 2. The Hall–Kier alpha value is -1.92. The van der Waals surface area contributed by atoms with Crippen molar-refractivity contribution in [2.45, 2.75) is 38.1 Å². The molecule has 5 nitrogen and oxygen atoms in total. The summed E-state index contributed by atoms with van der Waals surface area (Å²) >= 11 is 0. The Kier molecular flexibility index (Phi) is 5.11. The van der Waals surface area contributed by atoms with Gasteiger partial charge in [-0.1, -0.05) is 36.8 Å². The monoisotopic (exact) mass is 360 g/mol. The quantitative estimate of drug-likeness (QED) is 0.842. The van der Waals surface area contributed by atoms with Gasteiger partial charge in [-0.25, -0.2) is 8.42 Å². The van der Waals surface area contributed by atoms with E-state index in [-0.39, 0.29) is 4.90 Å². The van der Waals surface area contributed by atoms with Gasteiger partial charge in [0.2, 0.25) is 10.0 Å². The van der Waals surface area contributed by atoms with E-state index in [9.17, 15) is 13.2 Å². The number of benzene rings is 1. The van der Waals surface area contributed by atoms with E-state index in [0.717, 1.165) is 24.0 Å². The van der Waals surface area contributed by atoms with Gasteiger partial charge >= 0.3 is 0 Å². The molecule has 1 aromatic carbocycles. The molecular formula is C19H24N2O3S. The molecule has 0 bridgehead atoms. The number of aromatic nitrogens is 1. The van der Waals surface area contributed by atoms with E-state index in [1.807, 2.05) is 31.2 Å². The molecule has 2 aromatic rings. The van der Waals surface area contributed by atoms with Gasteiger partial charge in [0.1, 0.15) is 4.90 Å². The van der Waals surface area contributed by atoms with Crippen LogP contribution in [0.5, 0.6) is 0 Å². The van der Waals surface area contributed by atoms with Gasteiger partial charge < -0.3 is 4.57 Å². The first-order valence-corrected chi connectivity index (χ1v) is 10.1. The van der Waals surface area contributed by atoms with Crippen LogP contribution in [0, 0.1) is 12.8 Å². The summed E-state index contributed by atoms with van der Waals surface area (Å²) in [5, 5.41) is 0. The van der Waals surface area contributed by atoms with Crippen molar-refractivity contribution in [3.05, 3.63) is 64.1 Å². The number of sulfonamides is 1. The number of rotatable bonds is 4. The summed E-state index contributed by atoms with van der Waals surface area (Å²) in [6, 6.07) is 10.9. The molecule has 0 amide bonds. The fourth-order valence-corrected chi connectivity index (χ4v) is 4.65. The van der Waals surface area contributed by atoms with E-state index < -0.39 is 15.6 Å². The van der Waals surface area contributed by atoms with Crippen molar-refractivity contribution in [1.82, 2.24) is 8.87 Å². The highest BCUT2D eigenvalue weighted by atomic mass is 32.2. The lowest BCUT2D eigenvalue weighted by molar-refractivity contribution is 0.287. The molecule has 6 heteroatoms. The highest BCUT2D eigenvalue weighted by molar-refractivity contribution is 7.89. The van der Waals surface area contributed by atoms with Crippen molar-refractivity contribution in [3.8, 4) is 0 Å². The molecule has 2 heterocycles. The van der Waals surface area contributed by atoms with Crippen molar-refractivity contribution in [3.63, 3.8) is 0 Å². The second kappa shape index (κ2) is 7.14. The molecule has 1 aromatic heterocycles. The van der Waals surface area contributed by atoms with Gasteiger partial charge in [-0.05, 0) is 43.4 Å². The second-order valence-electron chi connectivity index (χ2n) is 6.88. The van der Waals surface area contributed by atoms with E-state index >= 15 is 0 Å². The maximum absolute atomic E-state index is 12.9. The standard InChI is InChI=1S/C19H24N2O3S/c1-15-5-7-17(8-6-15)14-20-11-3-4-18(19(20)22)25(23,24)21-12-9-16(2)10-13-21/h3-8,11,16H,9-10,12-14H2,1-2H3. The van der Waals surface area contributed by atoms with Crippen LogP contribution in [-0.2, 0) is 16.6 Å². The molecule has 134 valence electrons. The maximum atomic E-state index is 12.9. The molecule has 1 fully saturated rings. The minimum Gasteiger partial charge on any atom is -0.310 e. The number of pyridine rings is 1. The zero-order chi connectivity index (χ0) is 18.0. The highest BCUT2D eigenvalue weighted by Crippen LogP contribution is 2.21. The lowest BCUT2D eigenvalue weighted by atomic mass is 10.0. The second-order valence-corrected chi connectivity index (χ2v) is 8.78. The van der Waals surface area contributed by atoms with Crippen LogP contribution in [0.25, 0.3) is 0 Å². The number of piperidine rings is 1. The topological polar surface area (TPSA) is 59.4 Å². The van der Waals surface area contributed by atoms with Crippen molar-refractivity contribution < 1.29 is 8.42 Å². The summed E-state index contributed by atoms with van der Waals surface area (Å²) in [7, 11) is -3.74. The zero-order valence-corrected chi connectivity index (χ0v) is 15.5. The molecule has 0 aliphatic carbocycles. The fraction of sp³-hybridized carbons (Fsp3) is 0.421. The maximum Gasteiger partial charge on any atom is 0.271 e. The largest absolute Gasteiger partial charge is 0.310 e. The SMILES string of the molecule is Cc1ccc(Cn2cccc(S(=O)(=O)N3CCC(C)CC3)c2=O)cc1. The number of hydrogen-bond donors (Lipinski definition) is 0. The lowest BCUT2D eigenvalue weighted by Crippen LogP contribution is -2.40. The van der Waals surface area contributed by atoms with Crippen LogP contribution in [0.1, 0.15) is 30.9 Å². The zero-order valence-electron chi connectivity index (χ0n) is 14.7. The molecular weight excluding hydrogens is 336 g/mol. The molecule has 0 radical (unpaired) electrons. The molecule has 1 aliphatic heterocycles. The van der Waals surface area contributed by atoms with Crippen molar-refractivity contribution in [2.75, 3.05) is 13.1 Å². The molecule has 1 saturated heterocycles. The van der Waals surface area contributed by atoms with Gasteiger partial charge in [0, 0.05) is 19.3 Å². The fourth-order valence-electron chi connectivity index (χ4n) is 3.09. The van der Waals surface area contributed by atoms with E-state index in [1.54, 1.807) is 12.3 Å². The third-order valence-corrected chi connectivity index (χ3v) is 6.73. The summed E-state index contributed by atoms with van der Waals surface area (Å²) in [5.74, 6) is 0.528. The van der Waals surface area contributed by atoms with Crippen LogP contribution < -0.4 is 5.56 Å². The molecule has 0 saturated carbocycles. The van der Waals surface area contributed by atoms with Gasteiger partial charge in [0.25, 0.3) is 5.56 Å². The van der Waals surface area contributed by atoms with E-state index in [4.69, 9.17) is 0 Å². The minimum atomic E-state index is -3.74. The molecule has 0 unspecified atom stereocenters. The number of aryl methyl sites for hydroxylation is 1. The molecule has 1 aliphatic rings. The Morgan fingerprint density at radius 1 is 1.08 bits per heavy atom. The Balaban J connectivity index is 1.90. The summed E-state index contributed by atoms with van der Waals surface area (Å²) in [6.07, 6.45) is 3.31. The summed E-state index contributed by atoms with van der Waals surface area (Å²) < 4.78 is 28.7. The third kappa shape index (κ3) is 3.85. The summed E-state index contributed by atoms with van der Waals surface area (Å²) in [5.41, 5.74) is 1.66. The van der Waals surface area contributed by atoms with Crippen LogP contribution in [0.4, 0.5) is 0 Å². The molecule has 0 atom stereocenters. The molecule has 0 spiro atoms. The first-order chi connectivity index (χ1) is 11.9. The molecule has 25 heavy (non-hydrogen) atoms. The summed E-state index contributed by atoms with van der Waals surface area (Å²) in [6.45, 7) is 5.45. The normalized spacial score (nSPS) is 16.9. The van der Waals surface area contributed by atoms with E-state index in [0.29, 0.717) is 25.6 Å². The Morgan fingerprint density at radius 3 is 2.36 bits per heavy atom. The van der Waals surface area contributed by atoms with Crippen LogP contribution in [0.15, 0.2) is 52.3 Å². The van der Waals surface area contributed by atoms with Gasteiger partial charge in [0.15, 0.2) is 0 Å². The first-order valence-electron chi connectivity index (χ1n) is 8.63. The minimum absolute atomic E-state index is 0.128. The third-order valence-electron chi connectivity index (χ3n) is 4.82. The highest BCUT2D eigenvalue weighted by Gasteiger charge is 2.30. The average molecular weight is 360 g/mol. The van der Waals surface area contributed by atoms with Crippen molar-refractivity contribution in [1.29, 1.82) is 0 Å². The van der Waals surface area contributed by atoms with Gasteiger partial charge in [0.05, 0.1) is 6.54 Å². The molecule has 3 rings (SSSR count). The average Bonchev–Trinajstić information content (AvgIpc) is 2.59. The van der Waals surface area contributed by atoms with Crippen molar-refractivity contribution >= 4 is 10.0 Å². The lowest BCUT2D eigenvalue weighted by Gasteiger charge is -2.29. The Bertz CT molecular complexity index is 893. The van der Waals surface area contributed by atoms with E-state index in [1.165, 1.54) is 14.9 Å². The predicted molar refractivity (Wildman–Crippen MR) is 98.1 cm³/mol. The van der Waals surface area contributed by atoms with Crippen molar-refractivity contribution in [2.24, 2.45) is 5.92 Å². The van der Waals surface area contributed by atoms with Crippen LogP contribution in [0.2, 0.25) is 0 Å². The smallest absolute Gasteiger partial charge is 0.271 e. The van der Waals surface area contributed by atoms with Gasteiger partial charge in [-0.3, -0.25) is 4.79 Å². The Labute approximate surface area is 149 Å². The van der Waals surface area contributed by atoms with Gasteiger partial charge in [-0.2, -0.15) is 4.31 Å². The first kappa shape index (κ1) is 17.9.